The van der Waals surface area contributed by atoms with Gasteiger partial charge in [0.05, 0.1) is 23.9 Å². The van der Waals surface area contributed by atoms with Gasteiger partial charge in [0.15, 0.2) is 0 Å². The van der Waals surface area contributed by atoms with Gasteiger partial charge in [-0.25, -0.2) is 9.78 Å². The van der Waals surface area contributed by atoms with E-state index in [0.717, 1.165) is 32.1 Å². The zero-order chi connectivity index (χ0) is 23.7. The first kappa shape index (κ1) is 23.0. The first-order valence-corrected chi connectivity index (χ1v) is 11.7. The largest absolute Gasteiger partial charge is 0.449 e. The Labute approximate surface area is 201 Å². The van der Waals surface area contributed by atoms with E-state index in [1.165, 1.54) is 0 Å². The summed E-state index contributed by atoms with van der Waals surface area (Å²) in [5.74, 6) is 0.117. The van der Waals surface area contributed by atoms with Crippen LogP contribution >= 0.6 is 15.9 Å². The van der Waals surface area contributed by atoms with Crippen molar-refractivity contribution in [1.82, 2.24) is 14.9 Å². The van der Waals surface area contributed by atoms with E-state index in [0.29, 0.717) is 18.8 Å². The lowest BCUT2D eigenvalue weighted by Gasteiger charge is -2.29. The third-order valence-electron chi connectivity index (χ3n) is 6.09. The zero-order valence-electron chi connectivity index (χ0n) is 18.7. The van der Waals surface area contributed by atoms with Crippen LogP contribution in [0.5, 0.6) is 0 Å². The number of aromatic amines is 1. The van der Waals surface area contributed by atoms with Gasteiger partial charge in [-0.3, -0.25) is 4.79 Å². The van der Waals surface area contributed by atoms with Gasteiger partial charge < -0.3 is 20.4 Å². The summed E-state index contributed by atoms with van der Waals surface area (Å²) in [5, 5.41) is 2.28. The predicted octanol–water partition coefficient (Wildman–Crippen LogP) is 5.19. The molecule has 4 rings (SSSR count). The first-order valence-electron chi connectivity index (χ1n) is 10.9. The standard InChI is InChI=1S/C25H27BrN4O3/c1-14(2)20(13-33-25(27)32)24(31)30-12-15(3)8-22(30)23-28-11-21(29-23)18-5-4-17-10-19(26)7-6-16(17)9-18/h4-7,9-11,14,20,22H,3,8,12-13H2,1-2H3,(H2,27,32)(H,28,29). The van der Waals surface area contributed by atoms with Crippen LogP contribution in [0.4, 0.5) is 4.79 Å². The summed E-state index contributed by atoms with van der Waals surface area (Å²) in [6.45, 7) is 8.36. The predicted molar refractivity (Wildman–Crippen MR) is 131 cm³/mol. The van der Waals surface area contributed by atoms with E-state index in [4.69, 9.17) is 10.5 Å². The molecule has 2 heterocycles. The molecule has 3 aromatic rings. The van der Waals surface area contributed by atoms with E-state index >= 15 is 0 Å². The minimum Gasteiger partial charge on any atom is -0.449 e. The van der Waals surface area contributed by atoms with Gasteiger partial charge in [0.1, 0.15) is 12.4 Å². The van der Waals surface area contributed by atoms with Crippen molar-refractivity contribution in [1.29, 1.82) is 0 Å². The molecule has 2 aromatic carbocycles. The van der Waals surface area contributed by atoms with Gasteiger partial charge >= 0.3 is 6.09 Å². The number of carbonyl (C=O) groups excluding carboxylic acids is 2. The molecule has 2 unspecified atom stereocenters. The number of nitrogens with zero attached hydrogens (tertiary/aromatic N) is 2. The number of aromatic nitrogens is 2. The topological polar surface area (TPSA) is 101 Å². The van der Waals surface area contributed by atoms with Crippen LogP contribution in [-0.4, -0.2) is 40.0 Å². The highest BCUT2D eigenvalue weighted by Crippen LogP contribution is 2.36. The molecule has 33 heavy (non-hydrogen) atoms. The number of benzene rings is 2. The van der Waals surface area contributed by atoms with Crippen molar-refractivity contribution in [3.05, 3.63) is 65.0 Å². The summed E-state index contributed by atoms with van der Waals surface area (Å²) in [5.41, 5.74) is 7.98. The number of hydrogen-bond donors (Lipinski definition) is 2. The Morgan fingerprint density at radius 3 is 2.73 bits per heavy atom. The van der Waals surface area contributed by atoms with E-state index in [2.05, 4.69) is 62.8 Å². The number of primary amides is 1. The van der Waals surface area contributed by atoms with Crippen LogP contribution in [0.3, 0.4) is 0 Å². The second-order valence-electron chi connectivity index (χ2n) is 8.80. The number of nitrogens with one attached hydrogen (secondary N) is 1. The van der Waals surface area contributed by atoms with Crippen molar-refractivity contribution in [3.8, 4) is 11.3 Å². The van der Waals surface area contributed by atoms with E-state index in [1.54, 1.807) is 11.1 Å². The number of hydrogen-bond acceptors (Lipinski definition) is 4. The Morgan fingerprint density at radius 1 is 1.27 bits per heavy atom. The SMILES string of the molecule is C=C1CC(c2ncc(-c3ccc4cc(Br)ccc4c3)[nH]2)N(C(=O)C(COC(N)=O)C(C)C)C1. The number of halogens is 1. The van der Waals surface area contributed by atoms with E-state index in [1.807, 2.05) is 19.9 Å². The second kappa shape index (κ2) is 9.39. The summed E-state index contributed by atoms with van der Waals surface area (Å²) in [6.07, 6.45) is 1.55. The molecule has 2 atom stereocenters. The fourth-order valence-corrected chi connectivity index (χ4v) is 4.62. The average molecular weight is 511 g/mol. The third-order valence-corrected chi connectivity index (χ3v) is 6.58. The highest BCUT2D eigenvalue weighted by Gasteiger charge is 2.38. The maximum Gasteiger partial charge on any atom is 0.404 e. The Bertz CT molecular complexity index is 1220. The molecule has 0 aliphatic carbocycles. The maximum atomic E-state index is 13.4. The lowest BCUT2D eigenvalue weighted by atomic mass is 9.95. The number of likely N-dealkylation sites (tertiary alicyclic amines) is 1. The number of fused-ring (bicyclic) bond motifs is 1. The number of rotatable bonds is 6. The third kappa shape index (κ3) is 4.95. The van der Waals surface area contributed by atoms with Crippen molar-refractivity contribution in [2.75, 3.05) is 13.2 Å². The molecule has 172 valence electrons. The van der Waals surface area contributed by atoms with Crippen LogP contribution in [0.25, 0.3) is 22.0 Å². The van der Waals surface area contributed by atoms with Gasteiger partial charge in [0.2, 0.25) is 5.91 Å². The Balaban J connectivity index is 1.59. The smallest absolute Gasteiger partial charge is 0.404 e. The molecule has 1 fully saturated rings. The molecule has 0 saturated carbocycles. The van der Waals surface area contributed by atoms with Gasteiger partial charge in [-0.2, -0.15) is 0 Å². The Morgan fingerprint density at radius 2 is 2.00 bits per heavy atom. The van der Waals surface area contributed by atoms with Gasteiger partial charge in [0.25, 0.3) is 0 Å². The number of ether oxygens (including phenoxy) is 1. The van der Waals surface area contributed by atoms with Crippen LogP contribution in [0.1, 0.15) is 32.1 Å². The molecular formula is C25H27BrN4O3. The molecule has 2 amide bonds. The maximum absolute atomic E-state index is 13.4. The lowest BCUT2D eigenvalue weighted by Crippen LogP contribution is -2.40. The van der Waals surface area contributed by atoms with Crippen LogP contribution in [-0.2, 0) is 9.53 Å². The second-order valence-corrected chi connectivity index (χ2v) is 9.72. The van der Waals surface area contributed by atoms with E-state index < -0.39 is 12.0 Å². The van der Waals surface area contributed by atoms with Crippen LogP contribution < -0.4 is 5.73 Å². The average Bonchev–Trinajstić information content (AvgIpc) is 3.39. The summed E-state index contributed by atoms with van der Waals surface area (Å²) in [7, 11) is 0. The summed E-state index contributed by atoms with van der Waals surface area (Å²) in [6, 6.07) is 12.2. The van der Waals surface area contributed by atoms with E-state index in [9.17, 15) is 9.59 Å². The molecule has 1 aliphatic heterocycles. The highest BCUT2D eigenvalue weighted by atomic mass is 79.9. The molecule has 0 spiro atoms. The molecule has 0 bridgehead atoms. The Hall–Kier alpha value is -3.13. The molecule has 1 saturated heterocycles. The van der Waals surface area contributed by atoms with Gasteiger partial charge in [-0.05, 0) is 41.3 Å². The number of amides is 2. The molecule has 7 nitrogen and oxygen atoms in total. The minimum atomic E-state index is -0.880. The van der Waals surface area contributed by atoms with Gasteiger partial charge in [0, 0.05) is 16.6 Å². The van der Waals surface area contributed by atoms with Crippen LogP contribution in [0, 0.1) is 11.8 Å². The Kier molecular flexibility index (Phi) is 6.56. The quantitative estimate of drug-likeness (QED) is 0.445. The van der Waals surface area contributed by atoms with Crippen molar-refractivity contribution < 1.29 is 14.3 Å². The number of H-pyrrole nitrogens is 1. The molecule has 0 radical (unpaired) electrons. The fourth-order valence-electron chi connectivity index (χ4n) is 4.25. The fraction of sp³-hybridized carbons (Fsp3) is 0.320. The number of imidazole rings is 1. The van der Waals surface area contributed by atoms with Crippen molar-refractivity contribution in [2.45, 2.75) is 26.3 Å². The van der Waals surface area contributed by atoms with Gasteiger partial charge in [-0.1, -0.05) is 60.1 Å². The molecule has 8 heteroatoms. The highest BCUT2D eigenvalue weighted by molar-refractivity contribution is 9.10. The number of carbonyl (C=O) groups is 2. The summed E-state index contributed by atoms with van der Waals surface area (Å²) < 4.78 is 6.00. The molecular weight excluding hydrogens is 484 g/mol. The summed E-state index contributed by atoms with van der Waals surface area (Å²) in [4.78, 5) is 34.3. The van der Waals surface area contributed by atoms with Crippen molar-refractivity contribution >= 4 is 38.7 Å². The van der Waals surface area contributed by atoms with Crippen molar-refractivity contribution in [2.24, 2.45) is 17.6 Å². The molecule has 3 N–H and O–H groups in total. The van der Waals surface area contributed by atoms with Crippen molar-refractivity contribution in [3.63, 3.8) is 0 Å². The molecule has 1 aliphatic rings. The minimum absolute atomic E-state index is 0.0174. The number of nitrogens with two attached hydrogens (primary N) is 1. The zero-order valence-corrected chi connectivity index (χ0v) is 20.3. The van der Waals surface area contributed by atoms with Crippen LogP contribution in [0.15, 0.2) is 59.2 Å². The monoisotopic (exact) mass is 510 g/mol. The van der Waals surface area contributed by atoms with E-state index in [-0.39, 0.29) is 24.5 Å². The molecule has 1 aromatic heterocycles. The summed E-state index contributed by atoms with van der Waals surface area (Å²) >= 11 is 3.51. The normalized spacial score (nSPS) is 17.0. The van der Waals surface area contributed by atoms with Crippen LogP contribution in [0.2, 0.25) is 0 Å². The lowest BCUT2D eigenvalue weighted by molar-refractivity contribution is -0.139. The first-order chi connectivity index (χ1) is 15.7. The van der Waals surface area contributed by atoms with Gasteiger partial charge in [-0.15, -0.1) is 0 Å².